The highest BCUT2D eigenvalue weighted by atomic mass is 16.5. The molecule has 0 aliphatic rings. The van der Waals surface area contributed by atoms with Crippen LogP contribution in [0.3, 0.4) is 0 Å². The average molecular weight is 307 g/mol. The molecule has 0 fully saturated rings. The third-order valence-electron chi connectivity index (χ3n) is 3.85. The van der Waals surface area contributed by atoms with E-state index < -0.39 is 5.97 Å². The maximum atomic E-state index is 11.0. The Morgan fingerprint density at radius 3 is 2.39 bits per heavy atom. The molecule has 4 heteroatoms. The normalized spacial score (nSPS) is 10.7. The van der Waals surface area contributed by atoms with Gasteiger partial charge in [-0.25, -0.2) is 0 Å². The maximum Gasteiger partial charge on any atom is 0.307 e. The minimum absolute atomic E-state index is 0.0151. The molecule has 2 aromatic carbocycles. The zero-order chi connectivity index (χ0) is 16.2. The van der Waals surface area contributed by atoms with Crippen molar-refractivity contribution in [1.82, 2.24) is 5.16 Å². The van der Waals surface area contributed by atoms with E-state index in [-0.39, 0.29) is 6.42 Å². The summed E-state index contributed by atoms with van der Waals surface area (Å²) in [7, 11) is 0. The zero-order valence-electron chi connectivity index (χ0n) is 12.8. The van der Waals surface area contributed by atoms with Crippen molar-refractivity contribution in [3.8, 4) is 11.3 Å². The number of aryl methyl sites for hydroxylation is 1. The lowest BCUT2D eigenvalue weighted by atomic mass is 9.95. The van der Waals surface area contributed by atoms with Gasteiger partial charge in [-0.15, -0.1) is 0 Å². The third-order valence-corrected chi connectivity index (χ3v) is 3.85. The molecule has 3 rings (SSSR count). The van der Waals surface area contributed by atoms with Gasteiger partial charge < -0.3 is 9.63 Å². The Morgan fingerprint density at radius 1 is 1.04 bits per heavy atom. The fourth-order valence-corrected chi connectivity index (χ4v) is 2.67. The second-order valence-corrected chi connectivity index (χ2v) is 5.46. The molecule has 0 aliphatic heterocycles. The van der Waals surface area contributed by atoms with E-state index in [1.165, 1.54) is 0 Å². The molecule has 1 N–H and O–H groups in total. The number of aliphatic carboxylic acids is 1. The molecule has 1 heterocycles. The van der Waals surface area contributed by atoms with Crippen molar-refractivity contribution in [2.75, 3.05) is 0 Å². The molecule has 0 radical (unpaired) electrons. The summed E-state index contributed by atoms with van der Waals surface area (Å²) >= 11 is 0. The highest BCUT2D eigenvalue weighted by Crippen LogP contribution is 2.29. The Hall–Kier alpha value is -2.88. The fourth-order valence-electron chi connectivity index (χ4n) is 2.67. The van der Waals surface area contributed by atoms with Crippen molar-refractivity contribution < 1.29 is 14.4 Å². The summed E-state index contributed by atoms with van der Waals surface area (Å²) in [6.45, 7) is 1.91. The molecule has 0 aliphatic carbocycles. The first-order valence-electron chi connectivity index (χ1n) is 7.44. The molecule has 4 nitrogen and oxygen atoms in total. The zero-order valence-corrected chi connectivity index (χ0v) is 12.8. The number of hydrogen-bond acceptors (Lipinski definition) is 3. The van der Waals surface area contributed by atoms with Crippen LogP contribution in [-0.2, 0) is 17.6 Å². The van der Waals surface area contributed by atoms with Gasteiger partial charge in [0.1, 0.15) is 0 Å². The second-order valence-electron chi connectivity index (χ2n) is 5.46. The van der Waals surface area contributed by atoms with Gasteiger partial charge in [-0.1, -0.05) is 59.8 Å². The van der Waals surface area contributed by atoms with Crippen LogP contribution in [0.25, 0.3) is 11.3 Å². The number of nitrogens with zero attached hydrogens (tertiary/aromatic N) is 1. The molecule has 1 aromatic heterocycles. The van der Waals surface area contributed by atoms with Gasteiger partial charge in [-0.05, 0) is 18.1 Å². The number of aromatic nitrogens is 1. The number of rotatable bonds is 5. The van der Waals surface area contributed by atoms with Crippen molar-refractivity contribution in [2.45, 2.75) is 19.8 Å². The second kappa shape index (κ2) is 6.48. The number of hydrogen-bond donors (Lipinski definition) is 1. The summed E-state index contributed by atoms with van der Waals surface area (Å²) in [6, 6.07) is 17.4. The van der Waals surface area contributed by atoms with Crippen molar-refractivity contribution in [3.63, 3.8) is 0 Å². The van der Waals surface area contributed by atoms with E-state index in [0.29, 0.717) is 6.42 Å². The van der Waals surface area contributed by atoms with Crippen LogP contribution in [0.1, 0.15) is 22.4 Å². The number of carboxylic acids is 1. The molecule has 3 aromatic rings. The standard InChI is InChI=1S/C19H17NO3/c1-13-17(19(23-20-13)14-7-3-2-4-8-14)11-15-9-5-6-10-16(15)12-18(21)22/h2-10H,11-12H2,1H3,(H,21,22). The summed E-state index contributed by atoms with van der Waals surface area (Å²) < 4.78 is 5.51. The van der Waals surface area contributed by atoms with Gasteiger partial charge in [0.25, 0.3) is 0 Å². The van der Waals surface area contributed by atoms with E-state index in [4.69, 9.17) is 9.63 Å². The predicted molar refractivity (Wildman–Crippen MR) is 87.3 cm³/mol. The van der Waals surface area contributed by atoms with Gasteiger partial charge in [-0.2, -0.15) is 0 Å². The van der Waals surface area contributed by atoms with Crippen LogP contribution in [0, 0.1) is 6.92 Å². The maximum absolute atomic E-state index is 11.0. The van der Waals surface area contributed by atoms with Gasteiger partial charge in [0, 0.05) is 17.5 Å². The third kappa shape index (κ3) is 3.31. The van der Waals surface area contributed by atoms with Gasteiger partial charge in [0.05, 0.1) is 12.1 Å². The smallest absolute Gasteiger partial charge is 0.307 e. The monoisotopic (exact) mass is 307 g/mol. The van der Waals surface area contributed by atoms with Gasteiger partial charge in [0.2, 0.25) is 0 Å². The average Bonchev–Trinajstić information content (AvgIpc) is 2.91. The first-order chi connectivity index (χ1) is 11.1. The van der Waals surface area contributed by atoms with Crippen LogP contribution in [0.4, 0.5) is 0 Å². The molecule has 0 spiro atoms. The summed E-state index contributed by atoms with van der Waals surface area (Å²) in [5.41, 5.74) is 4.60. The lowest BCUT2D eigenvalue weighted by Gasteiger charge is -2.08. The molecule has 23 heavy (non-hydrogen) atoms. The molecule has 0 saturated carbocycles. The Bertz CT molecular complexity index is 822. The van der Waals surface area contributed by atoms with Gasteiger partial charge >= 0.3 is 5.97 Å². The molecular weight excluding hydrogens is 290 g/mol. The van der Waals surface area contributed by atoms with Crippen molar-refractivity contribution in [2.24, 2.45) is 0 Å². The van der Waals surface area contributed by atoms with E-state index in [0.717, 1.165) is 33.7 Å². The molecule has 0 unspecified atom stereocenters. The summed E-state index contributed by atoms with van der Waals surface area (Å²) in [5, 5.41) is 13.2. The van der Waals surface area contributed by atoms with Crippen LogP contribution in [0.2, 0.25) is 0 Å². The van der Waals surface area contributed by atoms with Crippen LogP contribution >= 0.6 is 0 Å². The van der Waals surface area contributed by atoms with Crippen molar-refractivity contribution in [1.29, 1.82) is 0 Å². The molecule has 0 bridgehead atoms. The SMILES string of the molecule is Cc1noc(-c2ccccc2)c1Cc1ccccc1CC(=O)O. The first-order valence-corrected chi connectivity index (χ1v) is 7.44. The van der Waals surface area contributed by atoms with Crippen molar-refractivity contribution >= 4 is 5.97 Å². The lowest BCUT2D eigenvalue weighted by Crippen LogP contribution is -2.04. The summed E-state index contributed by atoms with van der Waals surface area (Å²) in [4.78, 5) is 11.0. The van der Waals surface area contributed by atoms with Crippen LogP contribution in [0.15, 0.2) is 59.1 Å². The highest BCUT2D eigenvalue weighted by Gasteiger charge is 2.17. The largest absolute Gasteiger partial charge is 0.481 e. The van der Waals surface area contributed by atoms with E-state index in [9.17, 15) is 4.79 Å². The Morgan fingerprint density at radius 2 is 1.70 bits per heavy atom. The minimum Gasteiger partial charge on any atom is -0.481 e. The van der Waals surface area contributed by atoms with E-state index in [1.807, 2.05) is 61.5 Å². The topological polar surface area (TPSA) is 63.3 Å². The molecule has 0 atom stereocenters. The number of carboxylic acid groups (broad SMARTS) is 1. The van der Waals surface area contributed by atoms with E-state index in [2.05, 4.69) is 5.16 Å². The summed E-state index contributed by atoms with van der Waals surface area (Å²) in [6.07, 6.45) is 0.615. The Labute approximate surface area is 134 Å². The minimum atomic E-state index is -0.831. The van der Waals surface area contributed by atoms with Gasteiger partial charge in [-0.3, -0.25) is 4.79 Å². The molecular formula is C19H17NO3. The van der Waals surface area contributed by atoms with E-state index >= 15 is 0 Å². The Kier molecular flexibility index (Phi) is 4.24. The lowest BCUT2D eigenvalue weighted by molar-refractivity contribution is -0.136. The van der Waals surface area contributed by atoms with E-state index in [1.54, 1.807) is 0 Å². The van der Waals surface area contributed by atoms with Crippen molar-refractivity contribution in [3.05, 3.63) is 77.0 Å². The van der Waals surface area contributed by atoms with Crippen LogP contribution in [0.5, 0.6) is 0 Å². The molecule has 0 amide bonds. The summed E-state index contributed by atoms with van der Waals surface area (Å²) in [5.74, 6) is -0.0870. The highest BCUT2D eigenvalue weighted by molar-refractivity contribution is 5.71. The quantitative estimate of drug-likeness (QED) is 0.777. The molecule has 116 valence electrons. The van der Waals surface area contributed by atoms with Crippen LogP contribution < -0.4 is 0 Å². The predicted octanol–water partition coefficient (Wildman–Crippen LogP) is 3.87. The van der Waals surface area contributed by atoms with Gasteiger partial charge in [0.15, 0.2) is 5.76 Å². The van der Waals surface area contributed by atoms with Crippen LogP contribution in [-0.4, -0.2) is 16.2 Å². The number of benzene rings is 2. The first kappa shape index (κ1) is 15.0. The number of carbonyl (C=O) groups is 1. The fraction of sp³-hybridized carbons (Fsp3) is 0.158. The Balaban J connectivity index is 1.99. The molecule has 0 saturated heterocycles.